The van der Waals surface area contributed by atoms with Crippen LogP contribution in [-0.4, -0.2) is 46.3 Å². The van der Waals surface area contributed by atoms with Gasteiger partial charge in [-0.1, -0.05) is 6.07 Å². The van der Waals surface area contributed by atoms with Crippen LogP contribution in [0.3, 0.4) is 0 Å². The van der Waals surface area contributed by atoms with E-state index in [1.165, 1.54) is 26.2 Å². The molecule has 0 aliphatic carbocycles. The summed E-state index contributed by atoms with van der Waals surface area (Å²) in [7, 11) is 1.10. The maximum atomic E-state index is 11.9. The molecule has 0 radical (unpaired) electrons. The predicted octanol–water partition coefficient (Wildman–Crippen LogP) is 0.517. The number of rotatable bonds is 5. The van der Waals surface area contributed by atoms with Crippen molar-refractivity contribution < 1.29 is 13.2 Å². The van der Waals surface area contributed by atoms with E-state index in [1.807, 2.05) is 0 Å². The minimum atomic E-state index is -3.48. The van der Waals surface area contributed by atoms with E-state index in [4.69, 9.17) is 0 Å². The summed E-state index contributed by atoms with van der Waals surface area (Å²) in [4.78, 5) is 11.5. The molecule has 1 aromatic carbocycles. The quantitative estimate of drug-likeness (QED) is 0.831. The topological polar surface area (TPSA) is 78.5 Å². The maximum absolute atomic E-state index is 11.9. The van der Waals surface area contributed by atoms with E-state index in [1.54, 1.807) is 19.2 Å². The van der Waals surface area contributed by atoms with Gasteiger partial charge in [0, 0.05) is 19.8 Å². The molecule has 0 aliphatic heterocycles. The summed E-state index contributed by atoms with van der Waals surface area (Å²) < 4.78 is 24.9. The lowest BCUT2D eigenvalue weighted by Crippen LogP contribution is -2.25. The zero-order valence-corrected chi connectivity index (χ0v) is 12.6. The number of benzene rings is 1. The smallest absolute Gasteiger partial charge is 0.242 e. The van der Waals surface area contributed by atoms with Crippen LogP contribution in [0, 0.1) is 0 Å². The molecule has 108 valence electrons. The van der Waals surface area contributed by atoms with Crippen molar-refractivity contribution in [1.82, 2.24) is 9.62 Å². The minimum absolute atomic E-state index is 0. The van der Waals surface area contributed by atoms with E-state index in [0.29, 0.717) is 5.69 Å². The van der Waals surface area contributed by atoms with Gasteiger partial charge in [-0.05, 0) is 25.2 Å². The van der Waals surface area contributed by atoms with E-state index in [-0.39, 0.29) is 29.8 Å². The van der Waals surface area contributed by atoms with Crippen molar-refractivity contribution in [2.24, 2.45) is 0 Å². The first kappa shape index (κ1) is 17.8. The molecule has 19 heavy (non-hydrogen) atoms. The SMILES string of the molecule is CNCC(=O)Nc1cccc(S(=O)(=O)N(C)C)c1.Cl. The molecule has 8 heteroatoms. The Balaban J connectivity index is 0.00000324. The summed E-state index contributed by atoms with van der Waals surface area (Å²) >= 11 is 0. The molecule has 0 heterocycles. The van der Waals surface area contributed by atoms with Crippen LogP contribution in [0.1, 0.15) is 0 Å². The molecule has 1 rings (SSSR count). The van der Waals surface area contributed by atoms with Crippen molar-refractivity contribution in [2.75, 3.05) is 33.0 Å². The molecule has 0 saturated carbocycles. The molecule has 0 aliphatic rings. The van der Waals surface area contributed by atoms with Gasteiger partial charge in [-0.3, -0.25) is 4.79 Å². The Morgan fingerprint density at radius 2 is 1.95 bits per heavy atom. The molecule has 1 amide bonds. The van der Waals surface area contributed by atoms with Crippen molar-refractivity contribution in [2.45, 2.75) is 4.90 Å². The van der Waals surface area contributed by atoms with Gasteiger partial charge in [0.1, 0.15) is 0 Å². The first-order chi connectivity index (χ1) is 8.37. The molecule has 1 aromatic rings. The number of carbonyl (C=O) groups excluding carboxylic acids is 1. The second-order valence-electron chi connectivity index (χ2n) is 3.89. The lowest BCUT2D eigenvalue weighted by Gasteiger charge is -2.12. The van der Waals surface area contributed by atoms with Gasteiger partial charge in [-0.15, -0.1) is 12.4 Å². The highest BCUT2D eigenvalue weighted by Gasteiger charge is 2.17. The summed E-state index contributed by atoms with van der Waals surface area (Å²) in [5.74, 6) is -0.225. The van der Waals surface area contributed by atoms with Crippen molar-refractivity contribution in [1.29, 1.82) is 0 Å². The fourth-order valence-electron chi connectivity index (χ4n) is 1.31. The number of amides is 1. The van der Waals surface area contributed by atoms with Crippen molar-refractivity contribution in [3.05, 3.63) is 24.3 Å². The number of likely N-dealkylation sites (N-methyl/N-ethyl adjacent to an activating group) is 1. The number of nitrogens with zero attached hydrogens (tertiary/aromatic N) is 1. The highest BCUT2D eigenvalue weighted by Crippen LogP contribution is 2.17. The van der Waals surface area contributed by atoms with Gasteiger partial charge in [-0.25, -0.2) is 12.7 Å². The zero-order valence-electron chi connectivity index (χ0n) is 11.0. The lowest BCUT2D eigenvalue weighted by atomic mass is 10.3. The standard InChI is InChI=1S/C11H17N3O3S.ClH/c1-12-8-11(15)13-9-5-4-6-10(7-9)18(16,17)14(2)3;/h4-7,12H,8H2,1-3H3,(H,13,15);1H. The van der Waals surface area contributed by atoms with Gasteiger partial charge in [0.15, 0.2) is 0 Å². The van der Waals surface area contributed by atoms with E-state index in [9.17, 15) is 13.2 Å². The Labute approximate surface area is 119 Å². The number of hydrogen-bond donors (Lipinski definition) is 2. The van der Waals surface area contributed by atoms with Crippen LogP contribution in [-0.2, 0) is 14.8 Å². The maximum Gasteiger partial charge on any atom is 0.242 e. The van der Waals surface area contributed by atoms with Gasteiger partial charge in [0.05, 0.1) is 11.4 Å². The molecular formula is C11H18ClN3O3S. The third-order valence-corrected chi connectivity index (χ3v) is 4.04. The lowest BCUT2D eigenvalue weighted by molar-refractivity contribution is -0.115. The largest absolute Gasteiger partial charge is 0.325 e. The molecule has 2 N–H and O–H groups in total. The summed E-state index contributed by atoms with van der Waals surface area (Å²) in [6, 6.07) is 6.15. The molecule has 0 spiro atoms. The van der Waals surface area contributed by atoms with Gasteiger partial charge in [0.2, 0.25) is 15.9 Å². The fourth-order valence-corrected chi connectivity index (χ4v) is 2.26. The molecule has 0 saturated heterocycles. The predicted molar refractivity (Wildman–Crippen MR) is 77.1 cm³/mol. The van der Waals surface area contributed by atoms with Crippen LogP contribution in [0.4, 0.5) is 5.69 Å². The Hall–Kier alpha value is -1.15. The van der Waals surface area contributed by atoms with Crippen LogP contribution in [0.2, 0.25) is 0 Å². The van der Waals surface area contributed by atoms with Gasteiger partial charge < -0.3 is 10.6 Å². The number of hydrogen-bond acceptors (Lipinski definition) is 4. The Kier molecular flexibility index (Phi) is 6.99. The second-order valence-corrected chi connectivity index (χ2v) is 6.05. The van der Waals surface area contributed by atoms with Crippen LogP contribution in [0.25, 0.3) is 0 Å². The molecular weight excluding hydrogens is 290 g/mol. The van der Waals surface area contributed by atoms with Gasteiger partial charge in [-0.2, -0.15) is 0 Å². The third kappa shape index (κ3) is 4.79. The average Bonchev–Trinajstić information content (AvgIpc) is 2.29. The minimum Gasteiger partial charge on any atom is -0.325 e. The van der Waals surface area contributed by atoms with Crippen LogP contribution in [0.5, 0.6) is 0 Å². The zero-order chi connectivity index (χ0) is 13.8. The number of sulfonamides is 1. The molecule has 0 unspecified atom stereocenters. The van der Waals surface area contributed by atoms with Crippen molar-refractivity contribution in [3.63, 3.8) is 0 Å². The Morgan fingerprint density at radius 3 is 2.47 bits per heavy atom. The summed E-state index contributed by atoms with van der Waals surface area (Å²) in [5.41, 5.74) is 0.457. The number of halogens is 1. The average molecular weight is 308 g/mol. The first-order valence-electron chi connectivity index (χ1n) is 5.35. The van der Waals surface area contributed by atoms with Gasteiger partial charge in [0.25, 0.3) is 0 Å². The molecule has 0 fully saturated rings. The second kappa shape index (κ2) is 7.44. The molecule has 0 aromatic heterocycles. The summed E-state index contributed by atoms with van der Waals surface area (Å²) in [5, 5.41) is 5.32. The number of carbonyl (C=O) groups is 1. The van der Waals surface area contributed by atoms with Gasteiger partial charge >= 0.3 is 0 Å². The normalized spacial score (nSPS) is 10.9. The fraction of sp³-hybridized carbons (Fsp3) is 0.364. The number of anilines is 1. The van der Waals surface area contributed by atoms with E-state index >= 15 is 0 Å². The van der Waals surface area contributed by atoms with E-state index in [2.05, 4.69) is 10.6 Å². The van der Waals surface area contributed by atoms with Crippen LogP contribution in [0.15, 0.2) is 29.2 Å². The Bertz CT molecular complexity index is 532. The monoisotopic (exact) mass is 307 g/mol. The van der Waals surface area contributed by atoms with Crippen LogP contribution < -0.4 is 10.6 Å². The first-order valence-corrected chi connectivity index (χ1v) is 6.79. The van der Waals surface area contributed by atoms with Crippen molar-refractivity contribution in [3.8, 4) is 0 Å². The third-order valence-electron chi connectivity index (χ3n) is 2.23. The Morgan fingerprint density at radius 1 is 1.32 bits per heavy atom. The van der Waals surface area contributed by atoms with Crippen molar-refractivity contribution >= 4 is 34.0 Å². The molecule has 6 nitrogen and oxygen atoms in total. The highest BCUT2D eigenvalue weighted by atomic mass is 35.5. The number of nitrogens with one attached hydrogen (secondary N) is 2. The van der Waals surface area contributed by atoms with E-state index < -0.39 is 10.0 Å². The molecule has 0 atom stereocenters. The summed E-state index contributed by atoms with van der Waals surface area (Å²) in [6.45, 7) is 0.171. The van der Waals surface area contributed by atoms with Crippen LogP contribution >= 0.6 is 12.4 Å². The molecule has 0 bridgehead atoms. The van der Waals surface area contributed by atoms with E-state index in [0.717, 1.165) is 4.31 Å². The highest BCUT2D eigenvalue weighted by molar-refractivity contribution is 7.89. The summed E-state index contributed by atoms with van der Waals surface area (Å²) in [6.07, 6.45) is 0.